The highest BCUT2D eigenvalue weighted by Gasteiger charge is 2.31. The van der Waals surface area contributed by atoms with Crippen LogP contribution in [0.4, 0.5) is 0 Å². The molecule has 0 saturated heterocycles. The molecule has 0 aromatic rings. The summed E-state index contributed by atoms with van der Waals surface area (Å²) in [5.74, 6) is 0.124. The van der Waals surface area contributed by atoms with E-state index < -0.39 is 0 Å². The average Bonchev–Trinajstić information content (AvgIpc) is 2.23. The summed E-state index contributed by atoms with van der Waals surface area (Å²) >= 11 is 0. The van der Waals surface area contributed by atoms with Crippen LogP contribution in [0.1, 0.15) is 59.3 Å². The van der Waals surface area contributed by atoms with Crippen molar-refractivity contribution in [3.05, 3.63) is 0 Å². The zero-order valence-electron chi connectivity index (χ0n) is 12.0. The van der Waals surface area contributed by atoms with E-state index in [1.807, 2.05) is 13.8 Å². The van der Waals surface area contributed by atoms with Gasteiger partial charge in [-0.2, -0.15) is 0 Å². The Morgan fingerprint density at radius 2 is 1.32 bits per heavy atom. The number of rotatable bonds is 0. The normalized spacial score (nSPS) is 23.9. The molecule has 0 amide bonds. The van der Waals surface area contributed by atoms with Gasteiger partial charge in [-0.3, -0.25) is 19.2 Å². The molecule has 4 nitrogen and oxygen atoms in total. The Hall–Kier alpha value is -1.32. The molecule has 19 heavy (non-hydrogen) atoms. The van der Waals surface area contributed by atoms with Crippen LogP contribution in [0, 0.1) is 11.3 Å². The molecule has 2 saturated carbocycles. The first-order valence-electron chi connectivity index (χ1n) is 6.80. The molecule has 0 bridgehead atoms. The van der Waals surface area contributed by atoms with E-state index in [4.69, 9.17) is 0 Å². The Morgan fingerprint density at radius 3 is 1.63 bits per heavy atom. The van der Waals surface area contributed by atoms with Gasteiger partial charge in [0.25, 0.3) is 0 Å². The van der Waals surface area contributed by atoms with E-state index in [-0.39, 0.29) is 40.9 Å². The van der Waals surface area contributed by atoms with Crippen LogP contribution in [0.2, 0.25) is 0 Å². The molecule has 106 valence electrons. The molecule has 0 aromatic carbocycles. The van der Waals surface area contributed by atoms with Gasteiger partial charge in [0.2, 0.25) is 0 Å². The summed E-state index contributed by atoms with van der Waals surface area (Å²) in [6.45, 7) is 5.62. The van der Waals surface area contributed by atoms with E-state index >= 15 is 0 Å². The van der Waals surface area contributed by atoms with E-state index in [1.54, 1.807) is 6.92 Å². The van der Waals surface area contributed by atoms with Gasteiger partial charge in [-0.15, -0.1) is 0 Å². The fourth-order valence-corrected chi connectivity index (χ4v) is 2.52. The molecule has 4 heteroatoms. The van der Waals surface area contributed by atoms with Crippen molar-refractivity contribution >= 4 is 23.1 Å². The lowest BCUT2D eigenvalue weighted by Gasteiger charge is -2.26. The van der Waals surface area contributed by atoms with Crippen LogP contribution >= 0.6 is 0 Å². The minimum absolute atomic E-state index is 0.0770. The minimum Gasteiger partial charge on any atom is -0.299 e. The fourth-order valence-electron chi connectivity index (χ4n) is 2.52. The Kier molecular flexibility index (Phi) is 5.15. The standard InChI is InChI=1S/C8H12O2.C7H10O2/c1-8(2)4-6(9)3-7(10)5-8;1-5-6(8)3-2-4-7(5)9/h3-5H2,1-2H3;5H,2-4H2,1H3. The van der Waals surface area contributed by atoms with Gasteiger partial charge in [-0.25, -0.2) is 0 Å². The third-order valence-electron chi connectivity index (χ3n) is 3.56. The van der Waals surface area contributed by atoms with Gasteiger partial charge in [0.15, 0.2) is 0 Å². The zero-order chi connectivity index (χ0) is 14.6. The Morgan fingerprint density at radius 1 is 0.895 bits per heavy atom. The predicted octanol–water partition coefficient (Wildman–Crippen LogP) is 2.28. The van der Waals surface area contributed by atoms with Crippen LogP contribution in [0.15, 0.2) is 0 Å². The van der Waals surface area contributed by atoms with E-state index in [0.29, 0.717) is 25.7 Å². The summed E-state index contributed by atoms with van der Waals surface area (Å²) in [7, 11) is 0. The molecule has 2 aliphatic carbocycles. The SMILES string of the molecule is CC1(C)CC(=O)CC(=O)C1.CC1C(=O)CCCC1=O. The van der Waals surface area contributed by atoms with Crippen molar-refractivity contribution < 1.29 is 19.2 Å². The second kappa shape index (κ2) is 6.22. The molecule has 0 radical (unpaired) electrons. The predicted molar refractivity (Wildman–Crippen MR) is 70.7 cm³/mol. The van der Waals surface area contributed by atoms with Crippen LogP contribution in [0.25, 0.3) is 0 Å². The second-order valence-electron chi connectivity index (χ2n) is 6.28. The number of Topliss-reactive ketones (excluding diaryl/α,β-unsaturated/α-hetero) is 4. The molecule has 2 rings (SSSR count). The van der Waals surface area contributed by atoms with Gasteiger partial charge in [-0.05, 0) is 18.8 Å². The van der Waals surface area contributed by atoms with E-state index in [1.165, 1.54) is 0 Å². The molecule has 0 heterocycles. The Bertz CT molecular complexity index is 372. The highest BCUT2D eigenvalue weighted by atomic mass is 16.2. The van der Waals surface area contributed by atoms with Gasteiger partial charge in [0.1, 0.15) is 23.1 Å². The lowest BCUT2D eigenvalue weighted by molar-refractivity contribution is -0.135. The van der Waals surface area contributed by atoms with E-state index in [2.05, 4.69) is 0 Å². The maximum absolute atomic E-state index is 10.9. The summed E-state index contributed by atoms with van der Waals surface area (Å²) in [4.78, 5) is 43.3. The monoisotopic (exact) mass is 266 g/mol. The number of hydrogen-bond donors (Lipinski definition) is 0. The summed E-state index contributed by atoms with van der Waals surface area (Å²) < 4.78 is 0. The maximum Gasteiger partial charge on any atom is 0.143 e. The molecule has 0 spiro atoms. The quantitative estimate of drug-likeness (QED) is 0.631. The smallest absolute Gasteiger partial charge is 0.143 e. The highest BCUT2D eigenvalue weighted by molar-refractivity contribution is 6.04. The topological polar surface area (TPSA) is 68.3 Å². The average molecular weight is 266 g/mol. The third-order valence-corrected chi connectivity index (χ3v) is 3.56. The minimum atomic E-state index is -0.307. The maximum atomic E-state index is 10.9. The summed E-state index contributed by atoms with van der Waals surface area (Å²) in [5.41, 5.74) is -0.0770. The van der Waals surface area contributed by atoms with Gasteiger partial charge in [0, 0.05) is 25.7 Å². The van der Waals surface area contributed by atoms with Crippen molar-refractivity contribution in [1.82, 2.24) is 0 Å². The summed E-state index contributed by atoms with van der Waals surface area (Å²) in [6, 6.07) is 0. The first kappa shape index (κ1) is 15.7. The molecule has 2 fully saturated rings. The molecule has 0 aliphatic heterocycles. The molecular weight excluding hydrogens is 244 g/mol. The molecular formula is C15H22O4. The second-order valence-corrected chi connectivity index (χ2v) is 6.28. The van der Waals surface area contributed by atoms with Crippen molar-refractivity contribution in [1.29, 1.82) is 0 Å². The van der Waals surface area contributed by atoms with Crippen LogP contribution in [-0.2, 0) is 19.2 Å². The highest BCUT2D eigenvalue weighted by Crippen LogP contribution is 2.30. The van der Waals surface area contributed by atoms with E-state index in [0.717, 1.165) is 6.42 Å². The van der Waals surface area contributed by atoms with Crippen molar-refractivity contribution in [2.75, 3.05) is 0 Å². The van der Waals surface area contributed by atoms with Crippen LogP contribution < -0.4 is 0 Å². The van der Waals surface area contributed by atoms with Crippen molar-refractivity contribution in [3.8, 4) is 0 Å². The largest absolute Gasteiger partial charge is 0.299 e. The summed E-state index contributed by atoms with van der Waals surface area (Å²) in [6.07, 6.45) is 3.28. The summed E-state index contributed by atoms with van der Waals surface area (Å²) in [5, 5.41) is 0. The van der Waals surface area contributed by atoms with Gasteiger partial charge < -0.3 is 0 Å². The number of ketones is 4. The van der Waals surface area contributed by atoms with Gasteiger partial charge in [0.05, 0.1) is 12.3 Å². The number of carbonyl (C=O) groups excluding carboxylic acids is 4. The number of hydrogen-bond acceptors (Lipinski definition) is 4. The van der Waals surface area contributed by atoms with Crippen LogP contribution in [0.3, 0.4) is 0 Å². The molecule has 0 atom stereocenters. The lowest BCUT2D eigenvalue weighted by Crippen LogP contribution is -2.28. The molecule has 0 unspecified atom stereocenters. The van der Waals surface area contributed by atoms with Crippen molar-refractivity contribution in [2.45, 2.75) is 59.3 Å². The molecule has 0 N–H and O–H groups in total. The third kappa shape index (κ3) is 5.05. The van der Waals surface area contributed by atoms with E-state index in [9.17, 15) is 19.2 Å². The Balaban J connectivity index is 0.000000191. The first-order chi connectivity index (χ1) is 8.71. The lowest BCUT2D eigenvalue weighted by atomic mass is 9.76. The van der Waals surface area contributed by atoms with Crippen LogP contribution in [0.5, 0.6) is 0 Å². The van der Waals surface area contributed by atoms with Crippen molar-refractivity contribution in [3.63, 3.8) is 0 Å². The fraction of sp³-hybridized carbons (Fsp3) is 0.733. The zero-order valence-corrected chi connectivity index (χ0v) is 12.0. The Labute approximate surface area is 113 Å². The van der Waals surface area contributed by atoms with Gasteiger partial charge in [-0.1, -0.05) is 13.8 Å². The molecule has 0 aromatic heterocycles. The van der Waals surface area contributed by atoms with Crippen molar-refractivity contribution in [2.24, 2.45) is 11.3 Å². The van der Waals surface area contributed by atoms with Gasteiger partial charge >= 0.3 is 0 Å². The first-order valence-corrected chi connectivity index (χ1v) is 6.80. The van der Waals surface area contributed by atoms with Crippen LogP contribution in [-0.4, -0.2) is 23.1 Å². The number of carbonyl (C=O) groups is 4. The molecule has 2 aliphatic rings.